The van der Waals surface area contributed by atoms with Gasteiger partial charge < -0.3 is 10.6 Å². The largest absolute Gasteiger partial charge is 0.383 e. The summed E-state index contributed by atoms with van der Waals surface area (Å²) in [7, 11) is 0. The van der Waals surface area contributed by atoms with Gasteiger partial charge in [-0.2, -0.15) is 0 Å². The third-order valence-electron chi connectivity index (χ3n) is 4.06. The number of halogens is 1. The Morgan fingerprint density at radius 2 is 2.15 bits per heavy atom. The molecule has 2 aromatic rings. The molecule has 2 aromatic heterocycles. The van der Waals surface area contributed by atoms with E-state index < -0.39 is 0 Å². The molecule has 0 aliphatic carbocycles. The van der Waals surface area contributed by atoms with Crippen LogP contribution >= 0.6 is 15.9 Å². The summed E-state index contributed by atoms with van der Waals surface area (Å²) < 4.78 is 0.958. The standard InChI is InChI=1S/C15H19BrN4/c1-15(3-6-17-7-4-15)10-20-12-2-5-18-13-8-11(16)9-19-14(12)13/h2,5,8-9,17H,3-4,6-7,10H2,1H3,(H,18,20). The molecule has 0 bridgehead atoms. The number of hydrogen-bond donors (Lipinski definition) is 2. The summed E-state index contributed by atoms with van der Waals surface area (Å²) in [5.41, 5.74) is 3.28. The van der Waals surface area contributed by atoms with Crippen molar-refractivity contribution in [2.24, 2.45) is 5.41 Å². The molecule has 0 unspecified atom stereocenters. The monoisotopic (exact) mass is 334 g/mol. The van der Waals surface area contributed by atoms with E-state index in [0.29, 0.717) is 5.41 Å². The molecule has 4 nitrogen and oxygen atoms in total. The first kappa shape index (κ1) is 13.8. The van der Waals surface area contributed by atoms with E-state index in [9.17, 15) is 0 Å². The van der Waals surface area contributed by atoms with Crippen LogP contribution in [0.2, 0.25) is 0 Å². The summed E-state index contributed by atoms with van der Waals surface area (Å²) in [5.74, 6) is 0. The van der Waals surface area contributed by atoms with E-state index in [1.165, 1.54) is 12.8 Å². The van der Waals surface area contributed by atoms with Gasteiger partial charge in [0, 0.05) is 23.4 Å². The molecule has 1 fully saturated rings. The molecule has 3 rings (SSSR count). The highest BCUT2D eigenvalue weighted by molar-refractivity contribution is 9.10. The molecule has 0 saturated carbocycles. The summed E-state index contributed by atoms with van der Waals surface area (Å²) >= 11 is 3.44. The summed E-state index contributed by atoms with van der Waals surface area (Å²) in [5, 5.41) is 6.99. The van der Waals surface area contributed by atoms with E-state index in [1.54, 1.807) is 0 Å². The molecule has 5 heteroatoms. The minimum Gasteiger partial charge on any atom is -0.383 e. The minimum atomic E-state index is 0.357. The van der Waals surface area contributed by atoms with Crippen LogP contribution in [-0.2, 0) is 0 Å². The molecule has 1 aliphatic heterocycles. The van der Waals surface area contributed by atoms with Gasteiger partial charge in [0.2, 0.25) is 0 Å². The van der Waals surface area contributed by atoms with Crippen molar-refractivity contribution < 1.29 is 0 Å². The van der Waals surface area contributed by atoms with Crippen LogP contribution in [-0.4, -0.2) is 29.6 Å². The number of nitrogens with zero attached hydrogens (tertiary/aromatic N) is 2. The van der Waals surface area contributed by atoms with Crippen LogP contribution in [0.1, 0.15) is 19.8 Å². The molecule has 0 aromatic carbocycles. The Kier molecular flexibility index (Phi) is 3.89. The summed E-state index contributed by atoms with van der Waals surface area (Å²) in [6.45, 7) is 5.56. The molecule has 106 valence electrons. The highest BCUT2D eigenvalue weighted by atomic mass is 79.9. The Morgan fingerprint density at radius 1 is 1.35 bits per heavy atom. The highest BCUT2D eigenvalue weighted by Crippen LogP contribution is 2.29. The lowest BCUT2D eigenvalue weighted by molar-refractivity contribution is 0.247. The number of hydrogen-bond acceptors (Lipinski definition) is 4. The molecule has 0 spiro atoms. The van der Waals surface area contributed by atoms with Gasteiger partial charge in [0.25, 0.3) is 0 Å². The predicted molar refractivity (Wildman–Crippen MR) is 85.9 cm³/mol. The molecule has 1 saturated heterocycles. The number of fused-ring (bicyclic) bond motifs is 1. The van der Waals surface area contributed by atoms with Crippen molar-refractivity contribution in [1.82, 2.24) is 15.3 Å². The Bertz CT molecular complexity index is 608. The molecule has 0 radical (unpaired) electrons. The van der Waals surface area contributed by atoms with Crippen LogP contribution < -0.4 is 10.6 Å². The van der Waals surface area contributed by atoms with Gasteiger partial charge in [-0.25, -0.2) is 0 Å². The van der Waals surface area contributed by atoms with E-state index in [0.717, 1.165) is 40.8 Å². The first-order chi connectivity index (χ1) is 9.66. The lowest BCUT2D eigenvalue weighted by Gasteiger charge is -2.34. The van der Waals surface area contributed by atoms with Gasteiger partial charge in [0.05, 0.1) is 11.2 Å². The van der Waals surface area contributed by atoms with Crippen LogP contribution in [0.5, 0.6) is 0 Å². The van der Waals surface area contributed by atoms with Crippen molar-refractivity contribution in [3.63, 3.8) is 0 Å². The second-order valence-electron chi connectivity index (χ2n) is 5.79. The van der Waals surface area contributed by atoms with E-state index in [-0.39, 0.29) is 0 Å². The van der Waals surface area contributed by atoms with Crippen molar-refractivity contribution in [3.05, 3.63) is 29.0 Å². The van der Waals surface area contributed by atoms with Gasteiger partial charge in [0.1, 0.15) is 5.52 Å². The Labute approximate surface area is 127 Å². The van der Waals surface area contributed by atoms with Gasteiger partial charge >= 0.3 is 0 Å². The van der Waals surface area contributed by atoms with Crippen LogP contribution in [0.25, 0.3) is 11.0 Å². The molecule has 0 atom stereocenters. The van der Waals surface area contributed by atoms with Crippen molar-refractivity contribution in [1.29, 1.82) is 0 Å². The average molecular weight is 335 g/mol. The van der Waals surface area contributed by atoms with Crippen molar-refractivity contribution in [2.75, 3.05) is 25.0 Å². The lowest BCUT2D eigenvalue weighted by Crippen LogP contribution is -2.39. The first-order valence-corrected chi connectivity index (χ1v) is 7.80. The third-order valence-corrected chi connectivity index (χ3v) is 4.49. The van der Waals surface area contributed by atoms with E-state index in [2.05, 4.69) is 43.5 Å². The number of pyridine rings is 2. The smallest absolute Gasteiger partial charge is 0.112 e. The van der Waals surface area contributed by atoms with Gasteiger partial charge in [-0.15, -0.1) is 0 Å². The Morgan fingerprint density at radius 3 is 2.95 bits per heavy atom. The Hall–Kier alpha value is -1.20. The second-order valence-corrected chi connectivity index (χ2v) is 6.71. The first-order valence-electron chi connectivity index (χ1n) is 7.01. The van der Waals surface area contributed by atoms with Crippen LogP contribution in [0.3, 0.4) is 0 Å². The van der Waals surface area contributed by atoms with Gasteiger partial charge in [-0.3, -0.25) is 9.97 Å². The zero-order valence-electron chi connectivity index (χ0n) is 11.6. The van der Waals surface area contributed by atoms with Crippen LogP contribution in [0, 0.1) is 5.41 Å². The van der Waals surface area contributed by atoms with Crippen LogP contribution in [0.15, 0.2) is 29.0 Å². The fraction of sp³-hybridized carbons (Fsp3) is 0.467. The third kappa shape index (κ3) is 2.94. The summed E-state index contributed by atoms with van der Waals surface area (Å²) in [4.78, 5) is 8.86. The zero-order chi connectivity index (χ0) is 14.0. The molecule has 1 aliphatic rings. The fourth-order valence-corrected chi connectivity index (χ4v) is 2.98. The quantitative estimate of drug-likeness (QED) is 0.904. The van der Waals surface area contributed by atoms with E-state index >= 15 is 0 Å². The van der Waals surface area contributed by atoms with Crippen LogP contribution in [0.4, 0.5) is 5.69 Å². The fourth-order valence-electron chi connectivity index (χ4n) is 2.66. The maximum atomic E-state index is 4.48. The number of piperidine rings is 1. The molecule has 20 heavy (non-hydrogen) atoms. The van der Waals surface area contributed by atoms with Gasteiger partial charge in [0.15, 0.2) is 0 Å². The maximum absolute atomic E-state index is 4.48. The Balaban J connectivity index is 1.80. The van der Waals surface area contributed by atoms with Crippen molar-refractivity contribution >= 4 is 32.7 Å². The molecule has 2 N–H and O–H groups in total. The number of rotatable bonds is 3. The number of nitrogens with one attached hydrogen (secondary N) is 2. The highest BCUT2D eigenvalue weighted by Gasteiger charge is 2.26. The number of aromatic nitrogens is 2. The predicted octanol–water partition coefficient (Wildman–Crippen LogP) is 3.19. The van der Waals surface area contributed by atoms with E-state index in [4.69, 9.17) is 0 Å². The number of anilines is 1. The normalized spacial score (nSPS) is 18.1. The lowest BCUT2D eigenvalue weighted by atomic mass is 9.81. The van der Waals surface area contributed by atoms with Crippen molar-refractivity contribution in [2.45, 2.75) is 19.8 Å². The van der Waals surface area contributed by atoms with Gasteiger partial charge in [-0.1, -0.05) is 6.92 Å². The molecule has 3 heterocycles. The van der Waals surface area contributed by atoms with Gasteiger partial charge in [-0.05, 0) is 59.4 Å². The second kappa shape index (κ2) is 5.66. The SMILES string of the molecule is CC1(CNc2ccnc3cc(Br)cnc23)CCNCC1. The summed E-state index contributed by atoms with van der Waals surface area (Å²) in [6.07, 6.45) is 6.08. The van der Waals surface area contributed by atoms with E-state index in [1.807, 2.05) is 24.5 Å². The summed E-state index contributed by atoms with van der Waals surface area (Å²) in [6, 6.07) is 4.01. The zero-order valence-corrected chi connectivity index (χ0v) is 13.2. The molecular formula is C15H19BrN4. The average Bonchev–Trinajstić information content (AvgIpc) is 2.45. The minimum absolute atomic E-state index is 0.357. The maximum Gasteiger partial charge on any atom is 0.112 e. The molecule has 0 amide bonds. The van der Waals surface area contributed by atoms with Crippen molar-refractivity contribution in [3.8, 4) is 0 Å². The topological polar surface area (TPSA) is 49.8 Å². The molecular weight excluding hydrogens is 316 g/mol.